The van der Waals surface area contributed by atoms with Crippen LogP contribution in [-0.2, 0) is 5.54 Å². The van der Waals surface area contributed by atoms with Crippen molar-refractivity contribution in [3.8, 4) is 5.75 Å². The first-order chi connectivity index (χ1) is 7.39. The molecule has 3 N–H and O–H groups in total. The van der Waals surface area contributed by atoms with Crippen molar-refractivity contribution in [2.45, 2.75) is 19.4 Å². The zero-order valence-corrected chi connectivity index (χ0v) is 10.0. The predicted molar refractivity (Wildman–Crippen MR) is 67.8 cm³/mol. The SMILES string of the molecule is CC(C)(N)c1c(O)ccc2cc(Cl)ccc12. The first-order valence-corrected chi connectivity index (χ1v) is 5.48. The Balaban J connectivity index is 2.85. The maximum absolute atomic E-state index is 9.90. The summed E-state index contributed by atoms with van der Waals surface area (Å²) in [6, 6.07) is 9.06. The molecule has 2 nitrogen and oxygen atoms in total. The summed E-state index contributed by atoms with van der Waals surface area (Å²) in [6.45, 7) is 3.74. The van der Waals surface area contributed by atoms with Gasteiger partial charge in [-0.1, -0.05) is 23.7 Å². The largest absolute Gasteiger partial charge is 0.508 e. The van der Waals surface area contributed by atoms with Crippen molar-refractivity contribution in [3.63, 3.8) is 0 Å². The van der Waals surface area contributed by atoms with Crippen LogP contribution in [-0.4, -0.2) is 5.11 Å². The van der Waals surface area contributed by atoms with Gasteiger partial charge in [-0.3, -0.25) is 0 Å². The van der Waals surface area contributed by atoms with Gasteiger partial charge >= 0.3 is 0 Å². The molecule has 0 heterocycles. The number of halogens is 1. The van der Waals surface area contributed by atoms with Crippen molar-refractivity contribution in [2.24, 2.45) is 5.73 Å². The molecular formula is C13H14ClNO. The van der Waals surface area contributed by atoms with E-state index < -0.39 is 5.54 Å². The molecule has 0 aliphatic rings. The second-order valence-electron chi connectivity index (χ2n) is 4.55. The average Bonchev–Trinajstić information content (AvgIpc) is 2.16. The van der Waals surface area contributed by atoms with Gasteiger partial charge in [-0.15, -0.1) is 0 Å². The van der Waals surface area contributed by atoms with E-state index in [4.69, 9.17) is 17.3 Å². The highest BCUT2D eigenvalue weighted by Gasteiger charge is 2.21. The maximum atomic E-state index is 9.90. The first-order valence-electron chi connectivity index (χ1n) is 5.10. The van der Waals surface area contributed by atoms with Crippen molar-refractivity contribution >= 4 is 22.4 Å². The molecule has 0 aliphatic heterocycles. The van der Waals surface area contributed by atoms with Gasteiger partial charge in [-0.25, -0.2) is 0 Å². The highest BCUT2D eigenvalue weighted by molar-refractivity contribution is 6.31. The number of phenols is 1. The summed E-state index contributed by atoms with van der Waals surface area (Å²) in [5.74, 6) is 0.224. The van der Waals surface area contributed by atoms with Gasteiger partial charge in [-0.05, 0) is 42.8 Å². The number of phenolic OH excluding ortho intramolecular Hbond substituents is 1. The highest BCUT2D eigenvalue weighted by atomic mass is 35.5. The van der Waals surface area contributed by atoms with Gasteiger partial charge in [0.2, 0.25) is 0 Å². The maximum Gasteiger partial charge on any atom is 0.121 e. The Hall–Kier alpha value is -1.25. The molecule has 0 radical (unpaired) electrons. The van der Waals surface area contributed by atoms with Gasteiger partial charge < -0.3 is 10.8 Å². The molecule has 0 saturated carbocycles. The smallest absolute Gasteiger partial charge is 0.121 e. The third kappa shape index (κ3) is 1.86. The van der Waals surface area contributed by atoms with E-state index in [0.29, 0.717) is 5.02 Å². The Labute approximate surface area is 99.6 Å². The molecule has 0 saturated heterocycles. The molecule has 16 heavy (non-hydrogen) atoms. The fraction of sp³-hybridized carbons (Fsp3) is 0.231. The molecule has 0 aliphatic carbocycles. The van der Waals surface area contributed by atoms with Crippen LogP contribution in [0.5, 0.6) is 5.75 Å². The fourth-order valence-electron chi connectivity index (χ4n) is 1.97. The second-order valence-corrected chi connectivity index (χ2v) is 4.98. The van der Waals surface area contributed by atoms with E-state index in [1.807, 2.05) is 32.0 Å². The van der Waals surface area contributed by atoms with E-state index in [1.54, 1.807) is 12.1 Å². The van der Waals surface area contributed by atoms with Crippen LogP contribution in [0.25, 0.3) is 10.8 Å². The van der Waals surface area contributed by atoms with E-state index in [1.165, 1.54) is 0 Å². The summed E-state index contributed by atoms with van der Waals surface area (Å²) in [4.78, 5) is 0. The fourth-order valence-corrected chi connectivity index (χ4v) is 2.15. The number of benzene rings is 2. The van der Waals surface area contributed by atoms with Gasteiger partial charge in [0.15, 0.2) is 0 Å². The van der Waals surface area contributed by atoms with Crippen LogP contribution in [0.15, 0.2) is 30.3 Å². The number of aromatic hydroxyl groups is 1. The van der Waals surface area contributed by atoms with Crippen LogP contribution in [0.1, 0.15) is 19.4 Å². The molecular weight excluding hydrogens is 222 g/mol. The summed E-state index contributed by atoms with van der Waals surface area (Å²) in [5, 5.41) is 12.5. The molecule has 84 valence electrons. The van der Waals surface area contributed by atoms with E-state index in [2.05, 4.69) is 0 Å². The number of nitrogens with two attached hydrogens (primary N) is 1. The molecule has 2 rings (SSSR count). The minimum atomic E-state index is -0.586. The van der Waals surface area contributed by atoms with Gasteiger partial charge in [0, 0.05) is 16.1 Å². The van der Waals surface area contributed by atoms with Crippen LogP contribution in [0.3, 0.4) is 0 Å². The molecule has 0 amide bonds. The van der Waals surface area contributed by atoms with Gasteiger partial charge in [0.05, 0.1) is 0 Å². The van der Waals surface area contributed by atoms with Crippen LogP contribution < -0.4 is 5.73 Å². The number of rotatable bonds is 1. The Bertz CT molecular complexity index is 543. The normalized spacial score (nSPS) is 12.0. The molecule has 0 aromatic heterocycles. The monoisotopic (exact) mass is 235 g/mol. The summed E-state index contributed by atoms with van der Waals surface area (Å²) in [6.07, 6.45) is 0. The molecule has 0 bridgehead atoms. The number of fused-ring (bicyclic) bond motifs is 1. The van der Waals surface area contributed by atoms with Crippen molar-refractivity contribution in [2.75, 3.05) is 0 Å². The number of hydrogen-bond acceptors (Lipinski definition) is 2. The minimum Gasteiger partial charge on any atom is -0.508 e. The van der Waals surface area contributed by atoms with Gasteiger partial charge in [-0.2, -0.15) is 0 Å². The summed E-state index contributed by atoms with van der Waals surface area (Å²) in [7, 11) is 0. The second kappa shape index (κ2) is 3.65. The molecule has 0 spiro atoms. The molecule has 3 heteroatoms. The summed E-state index contributed by atoms with van der Waals surface area (Å²) < 4.78 is 0. The van der Waals surface area contributed by atoms with E-state index in [-0.39, 0.29) is 5.75 Å². The topological polar surface area (TPSA) is 46.2 Å². The summed E-state index contributed by atoms with van der Waals surface area (Å²) in [5.41, 5.74) is 6.23. The zero-order valence-electron chi connectivity index (χ0n) is 9.29. The Morgan fingerprint density at radius 1 is 1.19 bits per heavy atom. The third-order valence-electron chi connectivity index (χ3n) is 2.60. The molecule has 2 aromatic rings. The Kier molecular flexibility index (Phi) is 2.56. The lowest BCUT2D eigenvalue weighted by molar-refractivity contribution is 0.443. The van der Waals surface area contributed by atoms with Crippen LogP contribution in [0, 0.1) is 0 Å². The van der Waals surface area contributed by atoms with Crippen molar-refractivity contribution in [3.05, 3.63) is 40.9 Å². The molecule has 0 atom stereocenters. The standard InChI is InChI=1S/C13H14ClNO/c1-13(2,15)12-10-5-4-9(14)7-8(10)3-6-11(12)16/h3-7,16H,15H2,1-2H3. The van der Waals surface area contributed by atoms with Crippen LogP contribution >= 0.6 is 11.6 Å². The van der Waals surface area contributed by atoms with Gasteiger partial charge in [0.1, 0.15) is 5.75 Å². The minimum absolute atomic E-state index is 0.224. The van der Waals surface area contributed by atoms with E-state index in [0.717, 1.165) is 16.3 Å². The predicted octanol–water partition coefficient (Wildman–Crippen LogP) is 3.39. The lowest BCUT2D eigenvalue weighted by Gasteiger charge is -2.22. The van der Waals surface area contributed by atoms with Crippen molar-refractivity contribution in [1.82, 2.24) is 0 Å². The van der Waals surface area contributed by atoms with E-state index in [9.17, 15) is 5.11 Å². The van der Waals surface area contributed by atoms with Gasteiger partial charge in [0.25, 0.3) is 0 Å². The molecule has 2 aromatic carbocycles. The van der Waals surface area contributed by atoms with Crippen LogP contribution in [0.2, 0.25) is 5.02 Å². The Morgan fingerprint density at radius 3 is 2.50 bits per heavy atom. The van der Waals surface area contributed by atoms with Crippen molar-refractivity contribution < 1.29 is 5.11 Å². The zero-order chi connectivity index (χ0) is 11.9. The molecule has 0 fully saturated rings. The molecule has 0 unspecified atom stereocenters. The van der Waals surface area contributed by atoms with Crippen LogP contribution in [0.4, 0.5) is 0 Å². The highest BCUT2D eigenvalue weighted by Crippen LogP contribution is 2.35. The lowest BCUT2D eigenvalue weighted by atomic mass is 9.89. The third-order valence-corrected chi connectivity index (χ3v) is 2.84. The number of hydrogen-bond donors (Lipinski definition) is 2. The van der Waals surface area contributed by atoms with E-state index >= 15 is 0 Å². The first kappa shape index (κ1) is 11.2. The average molecular weight is 236 g/mol. The lowest BCUT2D eigenvalue weighted by Crippen LogP contribution is -2.29. The quantitative estimate of drug-likeness (QED) is 0.796. The van der Waals surface area contributed by atoms with Crippen molar-refractivity contribution in [1.29, 1.82) is 0 Å². The summed E-state index contributed by atoms with van der Waals surface area (Å²) >= 11 is 5.93. The Morgan fingerprint density at radius 2 is 1.88 bits per heavy atom.